The zero-order valence-corrected chi connectivity index (χ0v) is 36.0. The number of nitrogens with zero attached hydrogens (tertiary/aromatic N) is 2. The van der Waals surface area contributed by atoms with Crippen molar-refractivity contribution in [2.75, 3.05) is 0 Å². The second-order valence-corrected chi connectivity index (χ2v) is 24.9. The number of benzene rings is 2. The molecule has 4 aromatic rings. The predicted molar refractivity (Wildman–Crippen MR) is 221 cm³/mol. The zero-order chi connectivity index (χ0) is 40.2. The molecule has 0 bridgehead atoms. The Hall–Kier alpha value is -3.16. The molecule has 10 nitrogen and oxygen atoms in total. The van der Waals surface area contributed by atoms with Gasteiger partial charge in [0.25, 0.3) is 0 Å². The van der Waals surface area contributed by atoms with Gasteiger partial charge in [-0.15, -0.1) is 0 Å². The lowest BCUT2D eigenvalue weighted by Gasteiger charge is -2.48. The van der Waals surface area contributed by atoms with E-state index in [1.54, 1.807) is 6.20 Å². The first-order chi connectivity index (χ1) is 26.8. The van der Waals surface area contributed by atoms with E-state index in [-0.39, 0.29) is 58.6 Å². The molecule has 2 spiro atoms. The van der Waals surface area contributed by atoms with Gasteiger partial charge in [-0.2, -0.15) is 0 Å². The summed E-state index contributed by atoms with van der Waals surface area (Å²) < 4.78 is 44.3. The van der Waals surface area contributed by atoms with Crippen molar-refractivity contribution in [3.63, 3.8) is 0 Å². The minimum atomic E-state index is -1.91. The average Bonchev–Trinajstić information content (AvgIpc) is 3.79. The van der Waals surface area contributed by atoms with Crippen LogP contribution < -0.4 is 9.47 Å². The smallest absolute Gasteiger partial charge is 0.192 e. The number of fused-ring (bicyclic) bond motifs is 6. The van der Waals surface area contributed by atoms with Crippen LogP contribution in [0.3, 0.4) is 0 Å². The van der Waals surface area contributed by atoms with Crippen LogP contribution in [0.4, 0.5) is 0 Å². The second-order valence-electron chi connectivity index (χ2n) is 20.2. The van der Waals surface area contributed by atoms with Crippen molar-refractivity contribution in [3.05, 3.63) is 73.1 Å². The minimum absolute atomic E-state index is 0.00458. The van der Waals surface area contributed by atoms with Gasteiger partial charge in [0, 0.05) is 46.1 Å². The van der Waals surface area contributed by atoms with Crippen LogP contribution in [0, 0.1) is 10.8 Å². The molecule has 6 fully saturated rings. The molecular weight excluding hydrogens is 737 g/mol. The number of pyridine rings is 2. The van der Waals surface area contributed by atoms with E-state index >= 15 is 0 Å². The van der Waals surface area contributed by atoms with Crippen molar-refractivity contribution in [2.24, 2.45) is 10.8 Å². The Morgan fingerprint density at radius 2 is 1.12 bits per heavy atom. The van der Waals surface area contributed by atoms with Crippen molar-refractivity contribution in [3.8, 4) is 11.5 Å². The van der Waals surface area contributed by atoms with E-state index in [9.17, 15) is 5.11 Å². The molecule has 1 N–H and O–H groups in total. The highest BCUT2D eigenvalue weighted by atomic mass is 28.4. The standard InChI is InChI=1S/C26H37NO4Si.C20H23NO4/c1-24(2,3)32(6,7)31-21-16-26(23-22(21)29-25(4,5)30-23)14-19(15-26)28-18-11-10-17-9-8-12-27-20(17)13-18;1-19(2)24-17-16(22)11-20(18(17)25-19)9-14(10-20)23-13-6-5-12-4-3-7-21-15(12)8-13/h8-13,19,21-23H,14-16H2,1-7H3;3-8,14,16-18,22H,9-11H2,1-2H3/t19?,21-,22-,23-,26?;14?,16-,17-,18-,20?/m00/s1. The van der Waals surface area contributed by atoms with Gasteiger partial charge in [-0.1, -0.05) is 32.9 Å². The molecule has 2 aromatic carbocycles. The molecular formula is C46H60N2O8Si. The lowest BCUT2D eigenvalue weighted by Crippen LogP contribution is -2.50. The maximum atomic E-state index is 10.4. The zero-order valence-electron chi connectivity index (χ0n) is 35.0. The first kappa shape index (κ1) is 39.3. The molecule has 0 unspecified atom stereocenters. The van der Waals surface area contributed by atoms with Crippen LogP contribution in [0.5, 0.6) is 11.5 Å². The summed E-state index contributed by atoms with van der Waals surface area (Å²) in [7, 11) is -1.91. The van der Waals surface area contributed by atoms with Crippen molar-refractivity contribution < 1.29 is 38.0 Å². The van der Waals surface area contributed by atoms with Crippen molar-refractivity contribution >= 4 is 30.1 Å². The summed E-state index contributed by atoms with van der Waals surface area (Å²) in [6, 6.07) is 20.2. The lowest BCUT2D eigenvalue weighted by molar-refractivity contribution is -0.190. The van der Waals surface area contributed by atoms with Crippen LogP contribution in [0.2, 0.25) is 18.1 Å². The molecule has 4 heterocycles. The van der Waals surface area contributed by atoms with Crippen LogP contribution in [0.1, 0.15) is 87.0 Å². The molecule has 6 atom stereocenters. The van der Waals surface area contributed by atoms with Crippen molar-refractivity contribution in [1.82, 2.24) is 9.97 Å². The molecule has 57 heavy (non-hydrogen) atoms. The molecule has 0 radical (unpaired) electrons. The van der Waals surface area contributed by atoms with Crippen molar-refractivity contribution in [2.45, 2.75) is 166 Å². The van der Waals surface area contributed by atoms with Gasteiger partial charge >= 0.3 is 0 Å². The molecule has 6 aliphatic rings. The van der Waals surface area contributed by atoms with Gasteiger partial charge in [-0.05, 0) is 121 Å². The highest BCUT2D eigenvalue weighted by Gasteiger charge is 2.68. The Bertz CT molecular complexity index is 2120. The Labute approximate surface area is 338 Å². The summed E-state index contributed by atoms with van der Waals surface area (Å²) >= 11 is 0. The second kappa shape index (κ2) is 13.7. The average molecular weight is 797 g/mol. The molecule has 10 rings (SSSR count). The van der Waals surface area contributed by atoms with Crippen LogP contribution in [-0.4, -0.2) is 83.8 Å². The Balaban J connectivity index is 0.000000153. The largest absolute Gasteiger partial charge is 0.490 e. The normalized spacial score (nSPS) is 36.0. The van der Waals surface area contributed by atoms with Crippen LogP contribution >= 0.6 is 0 Å². The number of hydrogen-bond acceptors (Lipinski definition) is 10. The first-order valence-corrected chi connectivity index (χ1v) is 23.8. The van der Waals surface area contributed by atoms with E-state index in [1.165, 1.54) is 0 Å². The molecule has 2 saturated heterocycles. The molecule has 4 saturated carbocycles. The summed E-state index contributed by atoms with van der Waals surface area (Å²) in [4.78, 5) is 8.84. The molecule has 4 aliphatic carbocycles. The van der Waals surface area contributed by atoms with E-state index in [2.05, 4.69) is 56.0 Å². The number of aromatic nitrogens is 2. The summed E-state index contributed by atoms with van der Waals surface area (Å²) in [5.74, 6) is 0.571. The number of ether oxygens (including phenoxy) is 6. The lowest BCUT2D eigenvalue weighted by atomic mass is 9.64. The first-order valence-electron chi connectivity index (χ1n) is 20.9. The van der Waals surface area contributed by atoms with Crippen LogP contribution in [0.25, 0.3) is 21.8 Å². The van der Waals surface area contributed by atoms with Crippen LogP contribution in [0.15, 0.2) is 73.1 Å². The fraction of sp³-hybridized carbons (Fsp3) is 0.609. The van der Waals surface area contributed by atoms with E-state index < -0.39 is 26.0 Å². The fourth-order valence-electron chi connectivity index (χ4n) is 10.3. The number of aliphatic hydroxyl groups excluding tert-OH is 1. The Morgan fingerprint density at radius 3 is 1.63 bits per heavy atom. The van der Waals surface area contributed by atoms with Gasteiger partial charge in [-0.3, -0.25) is 9.97 Å². The van der Waals surface area contributed by atoms with Crippen molar-refractivity contribution in [1.29, 1.82) is 0 Å². The van der Waals surface area contributed by atoms with Gasteiger partial charge in [0.05, 0.1) is 47.7 Å². The predicted octanol–water partition coefficient (Wildman–Crippen LogP) is 9.12. The summed E-state index contributed by atoms with van der Waals surface area (Å²) in [6.07, 6.45) is 8.91. The number of rotatable bonds is 6. The highest BCUT2D eigenvalue weighted by molar-refractivity contribution is 6.74. The monoisotopic (exact) mass is 796 g/mol. The third kappa shape index (κ3) is 7.29. The number of aliphatic hydroxyl groups is 1. The van der Waals surface area contributed by atoms with Gasteiger partial charge in [0.1, 0.15) is 23.7 Å². The minimum Gasteiger partial charge on any atom is -0.490 e. The summed E-state index contributed by atoms with van der Waals surface area (Å²) in [6.45, 7) is 19.4. The fourth-order valence-corrected chi connectivity index (χ4v) is 11.6. The maximum Gasteiger partial charge on any atom is 0.192 e. The molecule has 2 aliphatic heterocycles. The topological polar surface area (TPSA) is 111 Å². The molecule has 11 heteroatoms. The van der Waals surface area contributed by atoms with Crippen LogP contribution in [-0.2, 0) is 23.4 Å². The van der Waals surface area contributed by atoms with Gasteiger partial charge < -0.3 is 38.0 Å². The van der Waals surface area contributed by atoms with Gasteiger partial charge in [-0.25, -0.2) is 0 Å². The quantitative estimate of drug-likeness (QED) is 0.190. The maximum absolute atomic E-state index is 10.4. The Morgan fingerprint density at radius 1 is 0.649 bits per heavy atom. The Kier molecular flexibility index (Phi) is 9.44. The highest BCUT2D eigenvalue weighted by Crippen LogP contribution is 2.61. The number of hydrogen-bond donors (Lipinski definition) is 1. The third-order valence-electron chi connectivity index (χ3n) is 14.0. The van der Waals surface area contributed by atoms with Gasteiger partial charge in [0.2, 0.25) is 0 Å². The molecule has 0 amide bonds. The SMILES string of the molecule is CC1(C)O[C@H]2[C@@H](O)CC3(CC(Oc4ccc5cccnc5c4)C3)[C@H]2O1.CC1(C)O[C@H]2[C@@H](O[Si](C)(C)C(C)(C)C)CC3(CC(Oc4ccc5cccnc5c4)C3)[C@H]2O1. The van der Waals surface area contributed by atoms with Gasteiger partial charge in [0.15, 0.2) is 19.9 Å². The molecule has 2 aromatic heterocycles. The van der Waals surface area contributed by atoms with E-state index in [1.807, 2.05) is 82.4 Å². The van der Waals surface area contributed by atoms with E-state index in [4.69, 9.17) is 32.8 Å². The molecule has 306 valence electrons. The summed E-state index contributed by atoms with van der Waals surface area (Å²) in [5, 5.41) is 12.8. The summed E-state index contributed by atoms with van der Waals surface area (Å²) in [5.41, 5.74) is 1.97. The third-order valence-corrected chi connectivity index (χ3v) is 18.5. The van der Waals surface area contributed by atoms with E-state index in [0.29, 0.717) is 0 Å². The van der Waals surface area contributed by atoms with E-state index in [0.717, 1.165) is 71.8 Å².